The fraction of sp³-hybridized carbons (Fsp3) is 0.154. The van der Waals surface area contributed by atoms with Crippen LogP contribution < -0.4 is 5.56 Å². The SMILES string of the molecule is COC(=O)c1cc(F)ccc1Cn1ncc(Cl)c(Cl)c1=O. The lowest BCUT2D eigenvalue weighted by Gasteiger charge is -2.10. The molecule has 0 N–H and O–H groups in total. The summed E-state index contributed by atoms with van der Waals surface area (Å²) in [5, 5.41) is 3.68. The molecular weight excluding hydrogens is 322 g/mol. The van der Waals surface area contributed by atoms with Crippen LogP contribution in [-0.4, -0.2) is 22.9 Å². The Bertz CT molecular complexity index is 762. The monoisotopic (exact) mass is 330 g/mol. The van der Waals surface area contributed by atoms with Gasteiger partial charge in [0.2, 0.25) is 0 Å². The molecule has 2 rings (SSSR count). The van der Waals surface area contributed by atoms with E-state index in [0.29, 0.717) is 5.56 Å². The molecule has 1 heterocycles. The maximum Gasteiger partial charge on any atom is 0.338 e. The average molecular weight is 331 g/mol. The summed E-state index contributed by atoms with van der Waals surface area (Å²) >= 11 is 11.4. The van der Waals surface area contributed by atoms with Gasteiger partial charge in [-0.05, 0) is 17.7 Å². The van der Waals surface area contributed by atoms with Crippen LogP contribution >= 0.6 is 23.2 Å². The van der Waals surface area contributed by atoms with Crippen LogP contribution in [0.5, 0.6) is 0 Å². The summed E-state index contributed by atoms with van der Waals surface area (Å²) in [4.78, 5) is 23.5. The minimum absolute atomic E-state index is 0.0114. The number of methoxy groups -OCH3 is 1. The van der Waals surface area contributed by atoms with Crippen molar-refractivity contribution >= 4 is 29.2 Å². The zero-order chi connectivity index (χ0) is 15.6. The van der Waals surface area contributed by atoms with E-state index in [-0.39, 0.29) is 22.2 Å². The quantitative estimate of drug-likeness (QED) is 0.811. The van der Waals surface area contributed by atoms with Crippen LogP contribution in [0.4, 0.5) is 4.39 Å². The standard InChI is InChI=1S/C13H9Cl2FN2O3/c1-21-13(20)9-4-8(16)3-2-7(9)6-18-12(19)11(15)10(14)5-17-18/h2-5H,6H2,1H3. The van der Waals surface area contributed by atoms with E-state index in [4.69, 9.17) is 23.2 Å². The highest BCUT2D eigenvalue weighted by Gasteiger charge is 2.15. The van der Waals surface area contributed by atoms with E-state index >= 15 is 0 Å². The fourth-order valence-electron chi connectivity index (χ4n) is 1.71. The Hall–Kier alpha value is -1.92. The highest BCUT2D eigenvalue weighted by Crippen LogP contribution is 2.17. The van der Waals surface area contributed by atoms with Crippen molar-refractivity contribution in [3.8, 4) is 0 Å². The second-order valence-corrected chi connectivity index (χ2v) is 4.85. The molecule has 0 spiro atoms. The highest BCUT2D eigenvalue weighted by molar-refractivity contribution is 6.41. The molecule has 0 radical (unpaired) electrons. The van der Waals surface area contributed by atoms with E-state index in [9.17, 15) is 14.0 Å². The number of aromatic nitrogens is 2. The normalized spacial score (nSPS) is 10.5. The molecule has 0 atom stereocenters. The smallest absolute Gasteiger partial charge is 0.338 e. The van der Waals surface area contributed by atoms with Crippen LogP contribution in [0.2, 0.25) is 10.0 Å². The summed E-state index contributed by atoms with van der Waals surface area (Å²) in [6, 6.07) is 3.58. The molecule has 21 heavy (non-hydrogen) atoms. The largest absolute Gasteiger partial charge is 0.465 e. The number of carbonyl (C=O) groups is 1. The minimum Gasteiger partial charge on any atom is -0.465 e. The molecule has 1 aromatic carbocycles. The van der Waals surface area contributed by atoms with Crippen molar-refractivity contribution in [2.75, 3.05) is 7.11 Å². The molecule has 2 aromatic rings. The Morgan fingerprint density at radius 2 is 2.14 bits per heavy atom. The molecule has 110 valence electrons. The van der Waals surface area contributed by atoms with Gasteiger partial charge in [-0.1, -0.05) is 29.3 Å². The summed E-state index contributed by atoms with van der Waals surface area (Å²) < 4.78 is 18.9. The summed E-state index contributed by atoms with van der Waals surface area (Å²) in [5.41, 5.74) is -0.224. The Balaban J connectivity index is 2.47. The number of halogens is 3. The Morgan fingerprint density at radius 1 is 1.43 bits per heavy atom. The van der Waals surface area contributed by atoms with Gasteiger partial charge in [-0.2, -0.15) is 5.10 Å². The number of nitrogens with zero attached hydrogens (tertiary/aromatic N) is 2. The minimum atomic E-state index is -0.711. The molecule has 5 nitrogen and oxygen atoms in total. The topological polar surface area (TPSA) is 61.2 Å². The Labute approximate surface area is 128 Å². The summed E-state index contributed by atoms with van der Waals surface area (Å²) in [7, 11) is 1.18. The second-order valence-electron chi connectivity index (χ2n) is 4.06. The number of esters is 1. The van der Waals surface area contributed by atoms with Gasteiger partial charge in [0.25, 0.3) is 5.56 Å². The number of benzene rings is 1. The first-order chi connectivity index (χ1) is 9.93. The van der Waals surface area contributed by atoms with E-state index in [0.717, 1.165) is 10.7 Å². The lowest BCUT2D eigenvalue weighted by molar-refractivity contribution is 0.0598. The van der Waals surface area contributed by atoms with Crippen molar-refractivity contribution in [2.24, 2.45) is 0 Å². The van der Waals surface area contributed by atoms with Gasteiger partial charge in [0.05, 0.1) is 30.4 Å². The summed E-state index contributed by atoms with van der Waals surface area (Å²) in [5.74, 6) is -1.30. The van der Waals surface area contributed by atoms with Crippen molar-refractivity contribution in [2.45, 2.75) is 6.54 Å². The van der Waals surface area contributed by atoms with Crippen LogP contribution in [0.3, 0.4) is 0 Å². The maximum absolute atomic E-state index is 13.2. The van der Waals surface area contributed by atoms with Crippen molar-refractivity contribution < 1.29 is 13.9 Å². The molecule has 0 bridgehead atoms. The van der Waals surface area contributed by atoms with Crippen molar-refractivity contribution in [1.29, 1.82) is 0 Å². The van der Waals surface area contributed by atoms with Gasteiger partial charge in [0, 0.05) is 0 Å². The van der Waals surface area contributed by atoms with E-state index in [1.54, 1.807) is 0 Å². The van der Waals surface area contributed by atoms with Gasteiger partial charge >= 0.3 is 5.97 Å². The van der Waals surface area contributed by atoms with Gasteiger partial charge in [-0.25, -0.2) is 13.9 Å². The lowest BCUT2D eigenvalue weighted by atomic mass is 10.1. The molecule has 8 heteroatoms. The predicted octanol–water partition coefficient (Wildman–Crippen LogP) is 2.52. The van der Waals surface area contributed by atoms with Crippen LogP contribution in [0, 0.1) is 5.82 Å². The summed E-state index contributed by atoms with van der Waals surface area (Å²) in [6.07, 6.45) is 1.21. The van der Waals surface area contributed by atoms with Crippen molar-refractivity contribution in [3.63, 3.8) is 0 Å². The molecule has 0 aliphatic carbocycles. The van der Waals surface area contributed by atoms with Crippen molar-refractivity contribution in [1.82, 2.24) is 9.78 Å². The maximum atomic E-state index is 13.2. The molecule has 0 aliphatic heterocycles. The lowest BCUT2D eigenvalue weighted by Crippen LogP contribution is -2.24. The van der Waals surface area contributed by atoms with E-state index in [1.165, 1.54) is 25.4 Å². The van der Waals surface area contributed by atoms with Gasteiger partial charge < -0.3 is 4.74 Å². The van der Waals surface area contributed by atoms with E-state index in [1.807, 2.05) is 0 Å². The van der Waals surface area contributed by atoms with Crippen LogP contribution in [0.1, 0.15) is 15.9 Å². The van der Waals surface area contributed by atoms with E-state index < -0.39 is 17.3 Å². The molecule has 0 aliphatic rings. The Morgan fingerprint density at radius 3 is 2.81 bits per heavy atom. The average Bonchev–Trinajstić information content (AvgIpc) is 2.48. The van der Waals surface area contributed by atoms with Gasteiger partial charge in [0.1, 0.15) is 10.8 Å². The van der Waals surface area contributed by atoms with Gasteiger partial charge in [-0.3, -0.25) is 4.79 Å². The number of ether oxygens (including phenoxy) is 1. The third kappa shape index (κ3) is 3.22. The highest BCUT2D eigenvalue weighted by atomic mass is 35.5. The molecule has 0 saturated carbocycles. The third-order valence-corrected chi connectivity index (χ3v) is 3.49. The number of rotatable bonds is 3. The number of hydrogen-bond acceptors (Lipinski definition) is 4. The van der Waals surface area contributed by atoms with Crippen LogP contribution in [-0.2, 0) is 11.3 Å². The third-order valence-electron chi connectivity index (χ3n) is 2.74. The second kappa shape index (κ2) is 6.24. The van der Waals surface area contributed by atoms with Crippen LogP contribution in [0.25, 0.3) is 0 Å². The fourth-order valence-corrected chi connectivity index (χ4v) is 1.98. The molecular formula is C13H9Cl2FN2O3. The molecule has 1 aromatic heterocycles. The summed E-state index contributed by atoms with van der Waals surface area (Å²) in [6.45, 7) is -0.0690. The zero-order valence-electron chi connectivity index (χ0n) is 10.8. The number of hydrogen-bond donors (Lipinski definition) is 0. The molecule has 0 saturated heterocycles. The van der Waals surface area contributed by atoms with Crippen LogP contribution in [0.15, 0.2) is 29.2 Å². The number of carbonyl (C=O) groups excluding carboxylic acids is 1. The van der Waals surface area contributed by atoms with Crippen molar-refractivity contribution in [3.05, 3.63) is 61.7 Å². The van der Waals surface area contributed by atoms with Gasteiger partial charge in [-0.15, -0.1) is 0 Å². The predicted molar refractivity (Wildman–Crippen MR) is 75.4 cm³/mol. The first-order valence-electron chi connectivity index (χ1n) is 5.72. The first-order valence-corrected chi connectivity index (χ1v) is 6.47. The van der Waals surface area contributed by atoms with E-state index in [2.05, 4.69) is 9.84 Å². The zero-order valence-corrected chi connectivity index (χ0v) is 12.3. The molecule has 0 amide bonds. The Kier molecular flexibility index (Phi) is 4.59. The molecule has 0 unspecified atom stereocenters. The molecule has 0 fully saturated rings. The first kappa shape index (κ1) is 15.5. The van der Waals surface area contributed by atoms with Gasteiger partial charge in [0.15, 0.2) is 0 Å².